The van der Waals surface area contributed by atoms with Crippen LogP contribution in [-0.4, -0.2) is 19.2 Å². The van der Waals surface area contributed by atoms with Gasteiger partial charge in [-0.25, -0.2) is 4.79 Å². The summed E-state index contributed by atoms with van der Waals surface area (Å²) in [4.78, 5) is 11.7. The summed E-state index contributed by atoms with van der Waals surface area (Å²) < 4.78 is 16.9. The zero-order valence-corrected chi connectivity index (χ0v) is 14.4. The molecule has 1 unspecified atom stereocenters. The fourth-order valence-corrected chi connectivity index (χ4v) is 3.66. The SMILES string of the molecule is CC1(CCCOCc2ccccc2)COc2c1ccc1c2COC1=O. The van der Waals surface area contributed by atoms with Gasteiger partial charge in [-0.1, -0.05) is 43.3 Å². The highest BCUT2D eigenvalue weighted by molar-refractivity contribution is 5.94. The number of rotatable bonds is 6. The number of ether oxygens (including phenoxy) is 3. The Morgan fingerprint density at radius 3 is 2.80 bits per heavy atom. The van der Waals surface area contributed by atoms with Crippen molar-refractivity contribution in [1.82, 2.24) is 0 Å². The zero-order valence-electron chi connectivity index (χ0n) is 14.4. The fraction of sp³-hybridized carbons (Fsp3) is 0.381. The summed E-state index contributed by atoms with van der Waals surface area (Å²) in [5.41, 5.74) is 3.91. The van der Waals surface area contributed by atoms with Crippen LogP contribution in [0.5, 0.6) is 5.75 Å². The molecule has 4 heteroatoms. The summed E-state index contributed by atoms with van der Waals surface area (Å²) in [6, 6.07) is 14.1. The molecule has 0 saturated heterocycles. The van der Waals surface area contributed by atoms with Gasteiger partial charge in [0, 0.05) is 23.1 Å². The minimum absolute atomic E-state index is 0.0356. The molecule has 0 amide bonds. The van der Waals surface area contributed by atoms with E-state index in [0.29, 0.717) is 25.4 Å². The summed E-state index contributed by atoms with van der Waals surface area (Å²) in [5.74, 6) is 0.611. The van der Waals surface area contributed by atoms with Gasteiger partial charge in [-0.15, -0.1) is 0 Å². The normalized spacial score (nSPS) is 20.8. The second-order valence-corrected chi connectivity index (χ2v) is 7.04. The number of hydrogen-bond donors (Lipinski definition) is 0. The van der Waals surface area contributed by atoms with Crippen LogP contribution >= 0.6 is 0 Å². The number of fused-ring (bicyclic) bond motifs is 3. The van der Waals surface area contributed by atoms with Gasteiger partial charge in [0.05, 0.1) is 18.8 Å². The highest BCUT2D eigenvalue weighted by Crippen LogP contribution is 2.46. The average molecular weight is 338 g/mol. The van der Waals surface area contributed by atoms with Crippen molar-refractivity contribution in [2.75, 3.05) is 13.2 Å². The Morgan fingerprint density at radius 2 is 1.96 bits per heavy atom. The third-order valence-electron chi connectivity index (χ3n) is 5.14. The van der Waals surface area contributed by atoms with Gasteiger partial charge in [-0.05, 0) is 24.5 Å². The van der Waals surface area contributed by atoms with Gasteiger partial charge in [-0.3, -0.25) is 0 Å². The molecule has 2 aromatic carbocycles. The minimum Gasteiger partial charge on any atom is -0.492 e. The van der Waals surface area contributed by atoms with Crippen LogP contribution in [0.4, 0.5) is 0 Å². The first-order valence-electron chi connectivity index (χ1n) is 8.75. The van der Waals surface area contributed by atoms with Crippen molar-refractivity contribution in [2.45, 2.75) is 38.4 Å². The van der Waals surface area contributed by atoms with Crippen molar-refractivity contribution in [3.63, 3.8) is 0 Å². The fourth-order valence-electron chi connectivity index (χ4n) is 3.66. The lowest BCUT2D eigenvalue weighted by molar-refractivity contribution is 0.0534. The van der Waals surface area contributed by atoms with E-state index in [4.69, 9.17) is 14.2 Å². The summed E-state index contributed by atoms with van der Waals surface area (Å²) in [6.45, 7) is 4.57. The van der Waals surface area contributed by atoms with E-state index in [9.17, 15) is 4.79 Å². The van der Waals surface area contributed by atoms with Crippen molar-refractivity contribution in [2.24, 2.45) is 0 Å². The predicted octanol–water partition coefficient (Wildman–Crippen LogP) is 4.00. The molecule has 2 heterocycles. The number of cyclic esters (lactones) is 1. The molecular weight excluding hydrogens is 316 g/mol. The van der Waals surface area contributed by atoms with E-state index >= 15 is 0 Å². The molecule has 4 nitrogen and oxygen atoms in total. The monoisotopic (exact) mass is 338 g/mol. The van der Waals surface area contributed by atoms with Gasteiger partial charge in [0.15, 0.2) is 0 Å². The Balaban J connectivity index is 1.36. The molecule has 4 rings (SSSR count). The summed E-state index contributed by atoms with van der Waals surface area (Å²) in [6.07, 6.45) is 1.96. The quantitative estimate of drug-likeness (QED) is 0.590. The van der Waals surface area contributed by atoms with Crippen molar-refractivity contribution < 1.29 is 19.0 Å². The van der Waals surface area contributed by atoms with Crippen molar-refractivity contribution in [3.05, 3.63) is 64.7 Å². The molecule has 0 bridgehead atoms. The minimum atomic E-state index is -0.246. The van der Waals surface area contributed by atoms with Gasteiger partial charge >= 0.3 is 5.97 Å². The van der Waals surface area contributed by atoms with Crippen LogP contribution in [0.25, 0.3) is 0 Å². The number of benzene rings is 2. The van der Waals surface area contributed by atoms with Crippen molar-refractivity contribution in [3.8, 4) is 5.75 Å². The van der Waals surface area contributed by atoms with Gasteiger partial charge < -0.3 is 14.2 Å². The van der Waals surface area contributed by atoms with E-state index in [-0.39, 0.29) is 11.4 Å². The average Bonchev–Trinajstić information content (AvgIpc) is 3.17. The molecule has 0 fully saturated rings. The maximum absolute atomic E-state index is 11.7. The summed E-state index contributed by atoms with van der Waals surface area (Å²) >= 11 is 0. The molecule has 2 aliphatic heterocycles. The van der Waals surface area contributed by atoms with Crippen LogP contribution in [0.2, 0.25) is 0 Å². The van der Waals surface area contributed by atoms with E-state index in [1.165, 1.54) is 11.1 Å². The lowest BCUT2D eigenvalue weighted by atomic mass is 9.79. The molecule has 1 atom stereocenters. The molecule has 2 aliphatic rings. The summed E-state index contributed by atoms with van der Waals surface area (Å²) in [7, 11) is 0. The molecule has 0 radical (unpaired) electrons. The van der Waals surface area contributed by atoms with E-state index in [1.807, 2.05) is 30.3 Å². The van der Waals surface area contributed by atoms with Crippen LogP contribution in [0.1, 0.15) is 46.8 Å². The maximum atomic E-state index is 11.7. The Bertz CT molecular complexity index is 784. The Labute approximate surface area is 147 Å². The topological polar surface area (TPSA) is 44.8 Å². The number of carbonyl (C=O) groups excluding carboxylic acids is 1. The molecule has 130 valence electrons. The predicted molar refractivity (Wildman–Crippen MR) is 93.7 cm³/mol. The van der Waals surface area contributed by atoms with Crippen LogP contribution in [0.15, 0.2) is 42.5 Å². The molecule has 2 aromatic rings. The van der Waals surface area contributed by atoms with Crippen LogP contribution in [-0.2, 0) is 28.1 Å². The van der Waals surface area contributed by atoms with Crippen molar-refractivity contribution >= 4 is 5.97 Å². The Kier molecular flexibility index (Phi) is 4.22. The molecular formula is C21H22O4. The van der Waals surface area contributed by atoms with Gasteiger partial charge in [0.1, 0.15) is 12.4 Å². The Morgan fingerprint density at radius 1 is 1.12 bits per heavy atom. The van der Waals surface area contributed by atoms with Crippen molar-refractivity contribution in [1.29, 1.82) is 0 Å². The van der Waals surface area contributed by atoms with Gasteiger partial charge in [0.25, 0.3) is 0 Å². The van der Waals surface area contributed by atoms with E-state index < -0.39 is 0 Å². The molecule has 0 N–H and O–H groups in total. The van der Waals surface area contributed by atoms with E-state index in [0.717, 1.165) is 30.8 Å². The number of hydrogen-bond acceptors (Lipinski definition) is 4. The highest BCUT2D eigenvalue weighted by Gasteiger charge is 2.40. The van der Waals surface area contributed by atoms with Gasteiger partial charge in [0.2, 0.25) is 0 Å². The first kappa shape index (κ1) is 16.2. The summed E-state index contributed by atoms with van der Waals surface area (Å²) in [5, 5.41) is 0. The molecule has 0 saturated carbocycles. The van der Waals surface area contributed by atoms with Crippen LogP contribution < -0.4 is 4.74 Å². The lowest BCUT2D eigenvalue weighted by Gasteiger charge is -2.22. The maximum Gasteiger partial charge on any atom is 0.339 e. The largest absolute Gasteiger partial charge is 0.492 e. The lowest BCUT2D eigenvalue weighted by Crippen LogP contribution is -2.24. The van der Waals surface area contributed by atoms with Crippen LogP contribution in [0, 0.1) is 0 Å². The second kappa shape index (κ2) is 6.52. The van der Waals surface area contributed by atoms with Gasteiger partial charge in [-0.2, -0.15) is 0 Å². The molecule has 0 aliphatic carbocycles. The smallest absolute Gasteiger partial charge is 0.339 e. The van der Waals surface area contributed by atoms with Crippen LogP contribution in [0.3, 0.4) is 0 Å². The zero-order chi connectivity index (χ0) is 17.3. The number of carbonyl (C=O) groups is 1. The molecule has 0 aromatic heterocycles. The number of esters is 1. The first-order valence-corrected chi connectivity index (χ1v) is 8.75. The van der Waals surface area contributed by atoms with E-state index in [1.54, 1.807) is 0 Å². The molecule has 25 heavy (non-hydrogen) atoms. The third-order valence-corrected chi connectivity index (χ3v) is 5.14. The third kappa shape index (κ3) is 3.02. The highest BCUT2D eigenvalue weighted by atomic mass is 16.5. The Hall–Kier alpha value is -2.33. The second-order valence-electron chi connectivity index (χ2n) is 7.04. The molecule has 0 spiro atoms. The first-order chi connectivity index (χ1) is 12.2. The van der Waals surface area contributed by atoms with E-state index in [2.05, 4.69) is 19.1 Å². The standard InChI is InChI=1S/C21H22O4/c1-21(10-5-11-23-12-15-6-3-2-4-7-15)14-25-19-17-13-24-20(22)16(17)8-9-18(19)21/h2-4,6-9H,5,10-14H2,1H3.